The van der Waals surface area contributed by atoms with Gasteiger partial charge in [-0.2, -0.15) is 0 Å². The van der Waals surface area contributed by atoms with Gasteiger partial charge in [0, 0.05) is 12.1 Å². The molecule has 4 unspecified atom stereocenters. The smallest absolute Gasteiger partial charge is 0.329 e. The Balaban J connectivity index is 1.63. The number of hydrogen-bond acceptors (Lipinski definition) is 4. The maximum absolute atomic E-state index is 11.9. The van der Waals surface area contributed by atoms with E-state index in [9.17, 15) is 9.59 Å². The van der Waals surface area contributed by atoms with Gasteiger partial charge >= 0.3 is 11.8 Å². The van der Waals surface area contributed by atoms with Gasteiger partial charge in [0.15, 0.2) is 10.2 Å². The van der Waals surface area contributed by atoms with E-state index in [0.29, 0.717) is 22.1 Å². The summed E-state index contributed by atoms with van der Waals surface area (Å²) in [6.07, 6.45) is 9.22. The van der Waals surface area contributed by atoms with Gasteiger partial charge in [-0.3, -0.25) is 31.3 Å². The van der Waals surface area contributed by atoms with E-state index in [1.165, 1.54) is 25.7 Å². The summed E-state index contributed by atoms with van der Waals surface area (Å²) in [5.41, 5.74) is 9.73. The molecule has 28 heavy (non-hydrogen) atoms. The highest BCUT2D eigenvalue weighted by atomic mass is 32.1. The van der Waals surface area contributed by atoms with Crippen LogP contribution in [-0.2, 0) is 9.59 Å². The molecule has 2 aliphatic carbocycles. The Kier molecular flexibility index (Phi) is 9.17. The van der Waals surface area contributed by atoms with Gasteiger partial charge in [-0.15, -0.1) is 0 Å². The first kappa shape index (κ1) is 22.6. The lowest BCUT2D eigenvalue weighted by atomic mass is 9.86. The summed E-state index contributed by atoms with van der Waals surface area (Å²) < 4.78 is 0. The first-order chi connectivity index (χ1) is 13.4. The van der Waals surface area contributed by atoms with Gasteiger partial charge in [0.2, 0.25) is 0 Å². The Hall–Kier alpha value is -1.68. The van der Waals surface area contributed by atoms with Gasteiger partial charge in [-0.25, -0.2) is 0 Å². The second kappa shape index (κ2) is 11.4. The molecule has 2 saturated carbocycles. The van der Waals surface area contributed by atoms with Crippen LogP contribution in [0.5, 0.6) is 0 Å². The lowest BCUT2D eigenvalue weighted by molar-refractivity contribution is -0.139. The van der Waals surface area contributed by atoms with E-state index in [2.05, 4.69) is 46.2 Å². The van der Waals surface area contributed by atoms with Crippen LogP contribution in [0.4, 0.5) is 0 Å². The Bertz CT molecular complexity index is 538. The van der Waals surface area contributed by atoms with Crippen LogP contribution in [-0.4, -0.2) is 34.1 Å². The van der Waals surface area contributed by atoms with Crippen molar-refractivity contribution in [1.82, 2.24) is 32.3 Å². The lowest BCUT2D eigenvalue weighted by Crippen LogP contribution is -2.57. The molecular formula is C18H32N6O2S2. The third-order valence-corrected chi connectivity index (χ3v) is 6.08. The normalized spacial score (nSPS) is 27.1. The van der Waals surface area contributed by atoms with Crippen LogP contribution in [0.3, 0.4) is 0 Å². The van der Waals surface area contributed by atoms with Gasteiger partial charge < -0.3 is 10.6 Å². The van der Waals surface area contributed by atoms with E-state index < -0.39 is 11.8 Å². The molecule has 4 atom stereocenters. The van der Waals surface area contributed by atoms with Crippen molar-refractivity contribution in [2.24, 2.45) is 11.8 Å². The Morgan fingerprint density at radius 1 is 0.643 bits per heavy atom. The van der Waals surface area contributed by atoms with Crippen molar-refractivity contribution in [3.8, 4) is 0 Å². The van der Waals surface area contributed by atoms with Crippen LogP contribution in [0.15, 0.2) is 0 Å². The summed E-state index contributed by atoms with van der Waals surface area (Å²) >= 11 is 10.4. The standard InChI is InChI=1S/C18H32N6O2S2/c1-11-7-3-5-9-13(11)19-17(27)23-21-15(25)16(26)22-24-18(28)20-14-10-6-4-8-12(14)2/h11-14H,3-10H2,1-2H3,(H,21,25)(H,22,26)(H2,19,23,27)(H2,20,24,28). The summed E-state index contributed by atoms with van der Waals surface area (Å²) in [5, 5.41) is 6.98. The highest BCUT2D eigenvalue weighted by molar-refractivity contribution is 7.80. The molecule has 0 bridgehead atoms. The third kappa shape index (κ3) is 7.38. The monoisotopic (exact) mass is 428 g/mol. The zero-order valence-corrected chi connectivity index (χ0v) is 18.2. The van der Waals surface area contributed by atoms with Gasteiger partial charge in [-0.1, -0.05) is 39.5 Å². The number of hydrazine groups is 2. The molecule has 2 aliphatic rings. The maximum Gasteiger partial charge on any atom is 0.329 e. The second-order valence-electron chi connectivity index (χ2n) is 7.84. The van der Waals surface area contributed by atoms with Crippen molar-refractivity contribution in [1.29, 1.82) is 0 Å². The zero-order chi connectivity index (χ0) is 20.5. The van der Waals surface area contributed by atoms with Gasteiger partial charge in [-0.05, 0) is 62.0 Å². The van der Waals surface area contributed by atoms with Crippen molar-refractivity contribution < 1.29 is 9.59 Å². The maximum atomic E-state index is 11.9. The Labute approximate surface area is 177 Å². The predicted molar refractivity (Wildman–Crippen MR) is 117 cm³/mol. The number of carbonyl (C=O) groups is 2. The molecule has 0 heterocycles. The average molecular weight is 429 g/mol. The SMILES string of the molecule is CC1CCCCC1NC(=S)NNC(=O)C(=O)NNC(=S)NC1CCCCC1C. The minimum Gasteiger partial charge on any atom is -0.358 e. The molecule has 6 N–H and O–H groups in total. The molecule has 0 aliphatic heterocycles. The molecule has 2 fully saturated rings. The largest absolute Gasteiger partial charge is 0.358 e. The second-order valence-corrected chi connectivity index (χ2v) is 8.66. The summed E-state index contributed by atoms with van der Waals surface area (Å²) in [6, 6.07) is 0.568. The van der Waals surface area contributed by atoms with Crippen molar-refractivity contribution in [2.45, 2.75) is 77.3 Å². The van der Waals surface area contributed by atoms with Gasteiger partial charge in [0.1, 0.15) is 0 Å². The molecular weight excluding hydrogens is 396 g/mol. The number of carbonyl (C=O) groups excluding carboxylic acids is 2. The molecule has 158 valence electrons. The van der Waals surface area contributed by atoms with Crippen molar-refractivity contribution >= 4 is 46.5 Å². The minimum atomic E-state index is -0.859. The molecule has 0 saturated heterocycles. The van der Waals surface area contributed by atoms with E-state index in [-0.39, 0.29) is 12.1 Å². The van der Waals surface area contributed by atoms with E-state index in [4.69, 9.17) is 24.4 Å². The number of thiocarbonyl (C=S) groups is 2. The first-order valence-corrected chi connectivity index (χ1v) is 10.9. The Morgan fingerprint density at radius 2 is 1.00 bits per heavy atom. The van der Waals surface area contributed by atoms with Crippen LogP contribution >= 0.6 is 24.4 Å². The highest BCUT2D eigenvalue weighted by Crippen LogP contribution is 2.24. The number of hydrogen-bond donors (Lipinski definition) is 6. The number of nitrogens with one attached hydrogen (secondary N) is 6. The molecule has 2 rings (SSSR count). The van der Waals surface area contributed by atoms with Crippen molar-refractivity contribution in [2.75, 3.05) is 0 Å². The number of rotatable bonds is 2. The lowest BCUT2D eigenvalue weighted by Gasteiger charge is -2.30. The molecule has 0 radical (unpaired) electrons. The van der Waals surface area contributed by atoms with Crippen LogP contribution in [0, 0.1) is 11.8 Å². The van der Waals surface area contributed by atoms with Crippen LogP contribution < -0.4 is 32.3 Å². The number of amides is 2. The van der Waals surface area contributed by atoms with Gasteiger partial charge in [0.05, 0.1) is 0 Å². The summed E-state index contributed by atoms with van der Waals surface area (Å²) in [6.45, 7) is 4.37. The highest BCUT2D eigenvalue weighted by Gasteiger charge is 2.23. The van der Waals surface area contributed by atoms with E-state index in [0.717, 1.165) is 25.7 Å². The third-order valence-electron chi connectivity index (χ3n) is 5.64. The summed E-state index contributed by atoms with van der Waals surface area (Å²) in [5.74, 6) is -0.668. The molecule has 8 nitrogen and oxygen atoms in total. The molecule has 0 aromatic carbocycles. The molecule has 0 spiro atoms. The first-order valence-electron chi connectivity index (χ1n) is 10.1. The fourth-order valence-electron chi connectivity index (χ4n) is 3.81. The van der Waals surface area contributed by atoms with E-state index >= 15 is 0 Å². The molecule has 0 aromatic rings. The van der Waals surface area contributed by atoms with Crippen molar-refractivity contribution in [3.05, 3.63) is 0 Å². The van der Waals surface area contributed by atoms with Crippen LogP contribution in [0.25, 0.3) is 0 Å². The van der Waals surface area contributed by atoms with Crippen LogP contribution in [0.2, 0.25) is 0 Å². The quantitative estimate of drug-likeness (QED) is 0.221. The average Bonchev–Trinajstić information content (AvgIpc) is 2.68. The fourth-order valence-corrected chi connectivity index (χ4v) is 4.22. The molecule has 2 amide bonds. The zero-order valence-electron chi connectivity index (χ0n) is 16.6. The predicted octanol–water partition coefficient (Wildman–Crippen LogP) is 1.13. The molecule has 0 aromatic heterocycles. The van der Waals surface area contributed by atoms with Crippen molar-refractivity contribution in [3.63, 3.8) is 0 Å². The fraction of sp³-hybridized carbons (Fsp3) is 0.778. The Morgan fingerprint density at radius 3 is 1.36 bits per heavy atom. The van der Waals surface area contributed by atoms with Gasteiger partial charge in [0.25, 0.3) is 0 Å². The summed E-state index contributed by atoms with van der Waals surface area (Å²) in [4.78, 5) is 23.8. The topological polar surface area (TPSA) is 106 Å². The van der Waals surface area contributed by atoms with E-state index in [1.54, 1.807) is 0 Å². The minimum absolute atomic E-state index is 0.284. The summed E-state index contributed by atoms with van der Waals surface area (Å²) in [7, 11) is 0. The van der Waals surface area contributed by atoms with Crippen LogP contribution in [0.1, 0.15) is 65.2 Å². The van der Waals surface area contributed by atoms with E-state index in [1.807, 2.05) is 0 Å². The molecule has 10 heteroatoms.